The highest BCUT2D eigenvalue weighted by molar-refractivity contribution is 5.35. The molecule has 0 atom stereocenters. The number of nitrogens with one attached hydrogen (secondary N) is 1. The number of hydrogen-bond donors (Lipinski definition) is 1. The number of nitrogens with zero attached hydrogens (tertiary/aromatic N) is 1. The van der Waals surface area contributed by atoms with E-state index in [9.17, 15) is 0 Å². The van der Waals surface area contributed by atoms with Gasteiger partial charge in [0.2, 0.25) is 0 Å². The molecule has 18 heavy (non-hydrogen) atoms. The van der Waals surface area contributed by atoms with Gasteiger partial charge in [-0.25, -0.2) is 5.01 Å². The van der Waals surface area contributed by atoms with Gasteiger partial charge in [-0.1, -0.05) is 24.6 Å². The SMILES string of the molecule is [C]1CCc2ccc(CNN3CCCCC3)cc2C1. The van der Waals surface area contributed by atoms with Gasteiger partial charge in [0.05, 0.1) is 0 Å². The van der Waals surface area contributed by atoms with Crippen LogP contribution in [0.3, 0.4) is 0 Å². The van der Waals surface area contributed by atoms with E-state index >= 15 is 0 Å². The van der Waals surface area contributed by atoms with Crippen molar-refractivity contribution in [2.24, 2.45) is 0 Å². The molecule has 1 aliphatic carbocycles. The first-order valence-corrected chi connectivity index (χ1v) is 7.22. The summed E-state index contributed by atoms with van der Waals surface area (Å²) in [7, 11) is 0. The van der Waals surface area contributed by atoms with E-state index in [1.165, 1.54) is 55.5 Å². The van der Waals surface area contributed by atoms with Crippen LogP contribution < -0.4 is 5.43 Å². The van der Waals surface area contributed by atoms with Crippen LogP contribution in [0.25, 0.3) is 0 Å². The third-order valence-electron chi connectivity index (χ3n) is 4.02. The number of benzene rings is 1. The molecule has 1 aromatic carbocycles. The molecule has 1 N–H and O–H groups in total. The summed E-state index contributed by atoms with van der Waals surface area (Å²) in [4.78, 5) is 0. The molecule has 2 nitrogen and oxygen atoms in total. The number of piperidine rings is 1. The molecular weight excluding hydrogens is 220 g/mol. The first-order chi connectivity index (χ1) is 8.92. The van der Waals surface area contributed by atoms with Gasteiger partial charge in [-0.3, -0.25) is 5.43 Å². The monoisotopic (exact) mass is 242 g/mol. The largest absolute Gasteiger partial charge is 0.251 e. The zero-order valence-corrected chi connectivity index (χ0v) is 11.0. The van der Waals surface area contributed by atoms with Crippen molar-refractivity contribution >= 4 is 0 Å². The number of hydrogen-bond acceptors (Lipinski definition) is 2. The molecule has 2 radical (unpaired) electrons. The molecule has 96 valence electrons. The van der Waals surface area contributed by atoms with Crippen molar-refractivity contribution < 1.29 is 0 Å². The van der Waals surface area contributed by atoms with Crippen molar-refractivity contribution in [3.8, 4) is 0 Å². The van der Waals surface area contributed by atoms with Crippen LogP contribution in [0.1, 0.15) is 42.4 Å². The van der Waals surface area contributed by atoms with Crippen LogP contribution in [0.2, 0.25) is 0 Å². The molecule has 1 saturated heterocycles. The molecule has 3 rings (SSSR count). The molecule has 0 spiro atoms. The lowest BCUT2D eigenvalue weighted by molar-refractivity contribution is 0.151. The Hall–Kier alpha value is -0.860. The summed E-state index contributed by atoms with van der Waals surface area (Å²) in [6.07, 6.45) is 10.8. The second-order valence-corrected chi connectivity index (χ2v) is 5.41. The lowest BCUT2D eigenvalue weighted by atomic mass is 9.90. The fraction of sp³-hybridized carbons (Fsp3) is 0.562. The van der Waals surface area contributed by atoms with Gasteiger partial charge < -0.3 is 0 Å². The minimum absolute atomic E-state index is 0.966. The third-order valence-corrected chi connectivity index (χ3v) is 4.02. The molecule has 1 fully saturated rings. The molecule has 1 aromatic rings. The topological polar surface area (TPSA) is 15.3 Å². The van der Waals surface area contributed by atoms with Crippen molar-refractivity contribution in [3.05, 3.63) is 41.3 Å². The maximum atomic E-state index is 3.56. The van der Waals surface area contributed by atoms with E-state index in [1.54, 1.807) is 0 Å². The molecule has 0 saturated carbocycles. The van der Waals surface area contributed by atoms with E-state index in [1.807, 2.05) is 0 Å². The van der Waals surface area contributed by atoms with Gasteiger partial charge in [0, 0.05) is 19.6 Å². The Balaban J connectivity index is 1.58. The molecule has 0 aromatic heterocycles. The molecular formula is C16H22N2. The normalized spacial score (nSPS) is 20.7. The van der Waals surface area contributed by atoms with E-state index in [4.69, 9.17) is 0 Å². The third kappa shape index (κ3) is 2.93. The molecule has 1 heterocycles. The van der Waals surface area contributed by atoms with E-state index in [2.05, 4.69) is 35.1 Å². The van der Waals surface area contributed by atoms with Gasteiger partial charge in [-0.15, -0.1) is 0 Å². The Kier molecular flexibility index (Phi) is 3.96. The Morgan fingerprint density at radius 1 is 1.11 bits per heavy atom. The highest BCUT2D eigenvalue weighted by Gasteiger charge is 2.11. The number of fused-ring (bicyclic) bond motifs is 1. The molecule has 2 aliphatic rings. The van der Waals surface area contributed by atoms with Crippen LogP contribution in [-0.2, 0) is 19.4 Å². The molecule has 2 heteroatoms. The quantitative estimate of drug-likeness (QED) is 0.877. The van der Waals surface area contributed by atoms with Crippen molar-refractivity contribution in [2.45, 2.75) is 45.1 Å². The van der Waals surface area contributed by atoms with Crippen LogP contribution in [0.4, 0.5) is 0 Å². The van der Waals surface area contributed by atoms with E-state index < -0.39 is 0 Å². The van der Waals surface area contributed by atoms with Crippen molar-refractivity contribution in [1.82, 2.24) is 10.4 Å². The average molecular weight is 242 g/mol. The smallest absolute Gasteiger partial charge is 0.0353 e. The minimum Gasteiger partial charge on any atom is -0.251 e. The van der Waals surface area contributed by atoms with Gasteiger partial charge >= 0.3 is 0 Å². The van der Waals surface area contributed by atoms with E-state index in [0.717, 1.165) is 19.4 Å². The summed E-state index contributed by atoms with van der Waals surface area (Å²) < 4.78 is 0. The van der Waals surface area contributed by atoms with Gasteiger partial charge in [-0.2, -0.15) is 0 Å². The maximum Gasteiger partial charge on any atom is 0.0353 e. The number of rotatable bonds is 3. The van der Waals surface area contributed by atoms with Crippen molar-refractivity contribution in [3.63, 3.8) is 0 Å². The van der Waals surface area contributed by atoms with Crippen molar-refractivity contribution in [1.29, 1.82) is 0 Å². The van der Waals surface area contributed by atoms with Gasteiger partial charge in [-0.05, 0) is 55.2 Å². The van der Waals surface area contributed by atoms with E-state index in [0.29, 0.717) is 0 Å². The first-order valence-electron chi connectivity index (χ1n) is 7.22. The Morgan fingerprint density at radius 3 is 2.89 bits per heavy atom. The maximum absolute atomic E-state index is 3.56. The predicted octanol–water partition coefficient (Wildman–Crippen LogP) is 2.75. The zero-order valence-electron chi connectivity index (χ0n) is 11.0. The Labute approximate surface area is 110 Å². The second-order valence-electron chi connectivity index (χ2n) is 5.41. The summed E-state index contributed by atoms with van der Waals surface area (Å²) in [6, 6.07) is 6.95. The lowest BCUT2D eigenvalue weighted by Crippen LogP contribution is -2.41. The van der Waals surface area contributed by atoms with Crippen LogP contribution >= 0.6 is 0 Å². The molecule has 0 amide bonds. The van der Waals surface area contributed by atoms with Gasteiger partial charge in [0.15, 0.2) is 0 Å². The summed E-state index contributed by atoms with van der Waals surface area (Å²) in [6.45, 7) is 3.37. The molecule has 0 bridgehead atoms. The van der Waals surface area contributed by atoms with E-state index in [-0.39, 0.29) is 0 Å². The summed E-state index contributed by atoms with van der Waals surface area (Å²) in [5.74, 6) is 0. The van der Waals surface area contributed by atoms with Crippen LogP contribution in [0.15, 0.2) is 18.2 Å². The second kappa shape index (κ2) is 5.85. The van der Waals surface area contributed by atoms with Gasteiger partial charge in [0.1, 0.15) is 0 Å². The molecule has 0 unspecified atom stereocenters. The predicted molar refractivity (Wildman–Crippen MR) is 74.0 cm³/mol. The first kappa shape index (κ1) is 12.2. The lowest BCUT2D eigenvalue weighted by Gasteiger charge is -2.27. The fourth-order valence-electron chi connectivity index (χ4n) is 2.90. The highest BCUT2D eigenvalue weighted by atomic mass is 15.5. The van der Waals surface area contributed by atoms with Crippen LogP contribution in [0, 0.1) is 6.42 Å². The Bertz CT molecular complexity index is 394. The van der Waals surface area contributed by atoms with Gasteiger partial charge in [0.25, 0.3) is 0 Å². The highest BCUT2D eigenvalue weighted by Crippen LogP contribution is 2.21. The summed E-state index contributed by atoms with van der Waals surface area (Å²) >= 11 is 0. The minimum atomic E-state index is 0.966. The summed E-state index contributed by atoms with van der Waals surface area (Å²) in [5, 5.41) is 2.38. The Morgan fingerprint density at radius 2 is 2.00 bits per heavy atom. The number of aryl methyl sites for hydroxylation is 1. The number of hydrazine groups is 1. The summed E-state index contributed by atoms with van der Waals surface area (Å²) in [5.41, 5.74) is 7.97. The van der Waals surface area contributed by atoms with Crippen LogP contribution in [0.5, 0.6) is 0 Å². The van der Waals surface area contributed by atoms with Crippen molar-refractivity contribution in [2.75, 3.05) is 13.1 Å². The average Bonchev–Trinajstić information content (AvgIpc) is 2.46. The molecule has 1 aliphatic heterocycles. The fourth-order valence-corrected chi connectivity index (χ4v) is 2.90. The van der Waals surface area contributed by atoms with Crippen LogP contribution in [-0.4, -0.2) is 18.1 Å². The standard InChI is InChI=1S/C16H22N2/c1-4-10-18(11-5-1)17-13-14-8-9-15-6-2-3-7-16(15)12-14/h8-9,12,17H,1-2,4-7,10-11,13H2. The zero-order chi connectivity index (χ0) is 12.2.